The Balaban J connectivity index is 1.36. The Morgan fingerprint density at radius 2 is 1.79 bits per heavy atom. The van der Waals surface area contributed by atoms with Gasteiger partial charge in [0.15, 0.2) is 0 Å². The quantitative estimate of drug-likeness (QED) is 0.611. The topological polar surface area (TPSA) is 66.9 Å². The van der Waals surface area contributed by atoms with Crippen molar-refractivity contribution in [3.05, 3.63) is 59.9 Å². The van der Waals surface area contributed by atoms with E-state index in [4.69, 9.17) is 4.74 Å². The van der Waals surface area contributed by atoms with Crippen LogP contribution in [-0.4, -0.2) is 55.8 Å². The van der Waals surface area contributed by atoms with E-state index in [1.54, 1.807) is 30.3 Å². The van der Waals surface area contributed by atoms with E-state index in [1.807, 2.05) is 17.9 Å². The van der Waals surface area contributed by atoms with Crippen molar-refractivity contribution in [1.82, 2.24) is 9.21 Å². The van der Waals surface area contributed by atoms with Gasteiger partial charge in [0.25, 0.3) is 0 Å². The minimum Gasteiger partial charge on any atom is -0.494 e. The van der Waals surface area contributed by atoms with Gasteiger partial charge in [-0.1, -0.05) is 12.1 Å². The van der Waals surface area contributed by atoms with E-state index < -0.39 is 10.0 Å². The lowest BCUT2D eigenvalue weighted by atomic mass is 9.95. The van der Waals surface area contributed by atoms with Crippen molar-refractivity contribution < 1.29 is 22.3 Å². The van der Waals surface area contributed by atoms with Crippen LogP contribution in [0.2, 0.25) is 0 Å². The highest BCUT2D eigenvalue weighted by molar-refractivity contribution is 7.89. The van der Waals surface area contributed by atoms with Crippen molar-refractivity contribution >= 4 is 15.9 Å². The van der Waals surface area contributed by atoms with Gasteiger partial charge in [-0.3, -0.25) is 4.79 Å². The maximum Gasteiger partial charge on any atom is 0.243 e. The van der Waals surface area contributed by atoms with Crippen LogP contribution in [0, 0.1) is 11.7 Å². The van der Waals surface area contributed by atoms with Crippen LogP contribution < -0.4 is 4.74 Å². The normalized spacial score (nSPS) is 20.2. The molecule has 0 radical (unpaired) electrons. The minimum atomic E-state index is -3.60. The molecule has 8 heteroatoms. The number of hydrogen-bond donors (Lipinski definition) is 0. The van der Waals surface area contributed by atoms with Crippen LogP contribution in [0.3, 0.4) is 0 Å². The standard InChI is InChI=1S/C25H31FN2O4S/c1-2-32-23-8-10-24(11-9-23)33(30,31)27-15-12-20(13-16-27)25(29)28-14-4-7-22(28)18-19-5-3-6-21(26)17-19/h3,5-6,8-11,17,20,22H,2,4,7,12-16,18H2,1H3. The molecule has 2 fully saturated rings. The highest BCUT2D eigenvalue weighted by atomic mass is 32.2. The highest BCUT2D eigenvalue weighted by Crippen LogP contribution is 2.29. The van der Waals surface area contributed by atoms with E-state index in [9.17, 15) is 17.6 Å². The van der Waals surface area contributed by atoms with E-state index in [2.05, 4.69) is 0 Å². The van der Waals surface area contributed by atoms with E-state index in [1.165, 1.54) is 16.4 Å². The Kier molecular flexibility index (Phi) is 7.34. The van der Waals surface area contributed by atoms with Crippen molar-refractivity contribution in [2.75, 3.05) is 26.2 Å². The summed E-state index contributed by atoms with van der Waals surface area (Å²) < 4.78 is 46.5. The fourth-order valence-electron chi connectivity index (χ4n) is 4.88. The number of carbonyl (C=O) groups is 1. The number of nitrogens with zero attached hydrogens (tertiary/aromatic N) is 2. The van der Waals surface area contributed by atoms with Crippen molar-refractivity contribution in [2.24, 2.45) is 5.92 Å². The smallest absolute Gasteiger partial charge is 0.243 e. The molecule has 0 spiro atoms. The van der Waals surface area contributed by atoms with E-state index >= 15 is 0 Å². The van der Waals surface area contributed by atoms with Crippen LogP contribution in [0.4, 0.5) is 4.39 Å². The van der Waals surface area contributed by atoms with Crippen LogP contribution in [0.25, 0.3) is 0 Å². The number of halogens is 1. The minimum absolute atomic E-state index is 0.0740. The number of hydrogen-bond acceptors (Lipinski definition) is 4. The number of piperidine rings is 1. The fraction of sp³-hybridized carbons (Fsp3) is 0.480. The second kappa shape index (κ2) is 10.2. The SMILES string of the molecule is CCOc1ccc(S(=O)(=O)N2CCC(C(=O)N3CCCC3Cc3cccc(F)c3)CC2)cc1. The van der Waals surface area contributed by atoms with Crippen molar-refractivity contribution in [1.29, 1.82) is 0 Å². The summed E-state index contributed by atoms with van der Waals surface area (Å²) in [5.41, 5.74) is 0.899. The molecule has 178 valence electrons. The highest BCUT2D eigenvalue weighted by Gasteiger charge is 2.37. The molecule has 1 atom stereocenters. The predicted molar refractivity (Wildman–Crippen MR) is 124 cm³/mol. The van der Waals surface area contributed by atoms with Gasteiger partial charge >= 0.3 is 0 Å². The lowest BCUT2D eigenvalue weighted by Gasteiger charge is -2.34. The molecule has 2 aromatic carbocycles. The summed E-state index contributed by atoms with van der Waals surface area (Å²) in [7, 11) is -3.60. The molecular formula is C25H31FN2O4S. The third-order valence-electron chi connectivity index (χ3n) is 6.60. The van der Waals surface area contributed by atoms with Gasteiger partial charge in [0.1, 0.15) is 11.6 Å². The average molecular weight is 475 g/mol. The lowest BCUT2D eigenvalue weighted by Crippen LogP contribution is -2.46. The number of benzene rings is 2. The maximum absolute atomic E-state index is 13.6. The lowest BCUT2D eigenvalue weighted by molar-refractivity contribution is -0.137. The van der Waals surface area contributed by atoms with Crippen LogP contribution in [0.5, 0.6) is 5.75 Å². The largest absolute Gasteiger partial charge is 0.494 e. The maximum atomic E-state index is 13.6. The molecule has 4 rings (SSSR count). The Morgan fingerprint density at radius 1 is 1.06 bits per heavy atom. The van der Waals surface area contributed by atoms with E-state index in [-0.39, 0.29) is 28.6 Å². The second-order valence-corrected chi connectivity index (χ2v) is 10.7. The van der Waals surface area contributed by atoms with E-state index in [0.29, 0.717) is 51.3 Å². The molecule has 2 aromatic rings. The molecule has 2 aliphatic rings. The number of sulfonamides is 1. The van der Waals surface area contributed by atoms with Gasteiger partial charge in [-0.15, -0.1) is 0 Å². The molecule has 0 bridgehead atoms. The van der Waals surface area contributed by atoms with Crippen molar-refractivity contribution in [3.63, 3.8) is 0 Å². The van der Waals surface area contributed by atoms with Crippen LogP contribution in [0.15, 0.2) is 53.4 Å². The molecular weight excluding hydrogens is 443 g/mol. The van der Waals surface area contributed by atoms with E-state index in [0.717, 1.165) is 18.4 Å². The Morgan fingerprint density at radius 3 is 2.45 bits per heavy atom. The predicted octanol–water partition coefficient (Wildman–Crippen LogP) is 3.86. The molecule has 0 saturated carbocycles. The fourth-order valence-corrected chi connectivity index (χ4v) is 6.34. The van der Waals surface area contributed by atoms with Crippen molar-refractivity contribution in [2.45, 2.75) is 50.0 Å². The first-order chi connectivity index (χ1) is 15.9. The molecule has 0 N–H and O–H groups in total. The van der Waals surface area contributed by atoms with Gasteiger partial charge in [0.2, 0.25) is 15.9 Å². The van der Waals surface area contributed by atoms with Gasteiger partial charge in [0, 0.05) is 31.6 Å². The zero-order valence-electron chi connectivity index (χ0n) is 19.0. The molecule has 2 heterocycles. The number of likely N-dealkylation sites (tertiary alicyclic amines) is 1. The summed E-state index contributed by atoms with van der Waals surface area (Å²) in [6, 6.07) is 13.1. The molecule has 33 heavy (non-hydrogen) atoms. The Bertz CT molecular complexity index is 1070. The second-order valence-electron chi connectivity index (χ2n) is 8.74. The molecule has 2 aliphatic heterocycles. The van der Waals surface area contributed by atoms with Gasteiger partial charge < -0.3 is 9.64 Å². The first-order valence-corrected chi connectivity index (χ1v) is 13.1. The van der Waals surface area contributed by atoms with Crippen LogP contribution >= 0.6 is 0 Å². The van der Waals surface area contributed by atoms with Gasteiger partial charge in [-0.2, -0.15) is 4.31 Å². The summed E-state index contributed by atoms with van der Waals surface area (Å²) in [4.78, 5) is 15.4. The summed E-state index contributed by atoms with van der Waals surface area (Å²) in [5.74, 6) is 0.306. The van der Waals surface area contributed by atoms with Crippen LogP contribution in [0.1, 0.15) is 38.2 Å². The van der Waals surface area contributed by atoms with Gasteiger partial charge in [-0.25, -0.2) is 12.8 Å². The number of amides is 1. The molecule has 2 saturated heterocycles. The summed E-state index contributed by atoms with van der Waals surface area (Å²) >= 11 is 0. The summed E-state index contributed by atoms with van der Waals surface area (Å²) in [6.07, 6.45) is 3.52. The first-order valence-electron chi connectivity index (χ1n) is 11.7. The summed E-state index contributed by atoms with van der Waals surface area (Å²) in [6.45, 7) is 3.77. The third kappa shape index (κ3) is 5.38. The molecule has 1 amide bonds. The zero-order chi connectivity index (χ0) is 23.4. The zero-order valence-corrected chi connectivity index (χ0v) is 19.8. The van der Waals surface area contributed by atoms with Crippen molar-refractivity contribution in [3.8, 4) is 5.75 Å². The average Bonchev–Trinajstić information content (AvgIpc) is 3.27. The van der Waals surface area contributed by atoms with Crippen LogP contribution in [-0.2, 0) is 21.2 Å². The van der Waals surface area contributed by atoms with Gasteiger partial charge in [-0.05, 0) is 81.0 Å². The van der Waals surface area contributed by atoms with Gasteiger partial charge in [0.05, 0.1) is 11.5 Å². The summed E-state index contributed by atoms with van der Waals surface area (Å²) in [5, 5.41) is 0. The number of rotatable bonds is 7. The molecule has 1 unspecified atom stereocenters. The number of carbonyl (C=O) groups excluding carboxylic acids is 1. The number of ether oxygens (including phenoxy) is 1. The monoisotopic (exact) mass is 474 g/mol. The molecule has 0 aromatic heterocycles. The first kappa shape index (κ1) is 23.7. The third-order valence-corrected chi connectivity index (χ3v) is 8.51. The molecule has 0 aliphatic carbocycles. The molecule has 6 nitrogen and oxygen atoms in total. The Labute approximate surface area is 195 Å². The Hall–Kier alpha value is -2.45.